The number of amides is 2. The van der Waals surface area contributed by atoms with Crippen LogP contribution >= 0.6 is 0 Å². The summed E-state index contributed by atoms with van der Waals surface area (Å²) in [6, 6.07) is 0. The molecule has 1 atom stereocenters. The number of carbonyl (C=O) groups is 2. The van der Waals surface area contributed by atoms with E-state index in [4.69, 9.17) is 15.2 Å². The molecular formula is C9H18N2O4. The molecular weight excluding hydrogens is 200 g/mol. The van der Waals surface area contributed by atoms with Crippen LogP contribution < -0.4 is 11.1 Å². The van der Waals surface area contributed by atoms with E-state index in [2.05, 4.69) is 5.32 Å². The van der Waals surface area contributed by atoms with Gasteiger partial charge in [0.25, 0.3) is 5.91 Å². The smallest absolute Gasteiger partial charge is 0.267 e. The van der Waals surface area contributed by atoms with Crippen molar-refractivity contribution in [3.63, 3.8) is 0 Å². The van der Waals surface area contributed by atoms with Gasteiger partial charge in [-0.15, -0.1) is 0 Å². The van der Waals surface area contributed by atoms with Crippen molar-refractivity contribution in [2.24, 2.45) is 5.73 Å². The van der Waals surface area contributed by atoms with Crippen LogP contribution in [0.4, 0.5) is 0 Å². The molecule has 0 aliphatic rings. The zero-order valence-corrected chi connectivity index (χ0v) is 9.12. The second kappa shape index (κ2) is 8.19. The summed E-state index contributed by atoms with van der Waals surface area (Å²) < 4.78 is 9.77. The van der Waals surface area contributed by atoms with Gasteiger partial charge >= 0.3 is 0 Å². The first-order valence-electron chi connectivity index (χ1n) is 4.81. The van der Waals surface area contributed by atoms with Gasteiger partial charge in [0, 0.05) is 13.7 Å². The topological polar surface area (TPSA) is 90.7 Å². The summed E-state index contributed by atoms with van der Waals surface area (Å²) in [4.78, 5) is 22.1. The molecule has 0 rings (SSSR count). The lowest BCUT2D eigenvalue weighted by atomic mass is 10.4. The van der Waals surface area contributed by atoms with Gasteiger partial charge in [-0.05, 0) is 6.42 Å². The monoisotopic (exact) mass is 218 g/mol. The molecule has 0 fully saturated rings. The maximum atomic E-state index is 11.2. The van der Waals surface area contributed by atoms with Crippen LogP contribution in [0.15, 0.2) is 0 Å². The number of rotatable bonds is 8. The van der Waals surface area contributed by atoms with Crippen LogP contribution in [0.1, 0.15) is 19.8 Å². The Labute approximate surface area is 89.1 Å². The van der Waals surface area contributed by atoms with Gasteiger partial charge in [0.15, 0.2) is 0 Å². The fourth-order valence-corrected chi connectivity index (χ4v) is 0.844. The van der Waals surface area contributed by atoms with E-state index in [1.165, 1.54) is 7.11 Å². The van der Waals surface area contributed by atoms with E-state index < -0.39 is 12.1 Å². The Morgan fingerprint density at radius 3 is 2.53 bits per heavy atom. The van der Waals surface area contributed by atoms with Crippen molar-refractivity contribution in [1.29, 1.82) is 0 Å². The summed E-state index contributed by atoms with van der Waals surface area (Å²) in [5.74, 6) is -1.02. The first-order valence-corrected chi connectivity index (χ1v) is 4.81. The van der Waals surface area contributed by atoms with Gasteiger partial charge in [-0.1, -0.05) is 6.92 Å². The van der Waals surface area contributed by atoms with Crippen LogP contribution in [0.3, 0.4) is 0 Å². The molecule has 15 heavy (non-hydrogen) atoms. The Kier molecular flexibility index (Phi) is 7.57. The summed E-state index contributed by atoms with van der Waals surface area (Å²) in [5, 5.41) is 2.37. The van der Waals surface area contributed by atoms with Gasteiger partial charge in [0.2, 0.25) is 12.1 Å². The minimum absolute atomic E-state index is 0.176. The molecule has 3 N–H and O–H groups in total. The first kappa shape index (κ1) is 13.9. The summed E-state index contributed by atoms with van der Waals surface area (Å²) >= 11 is 0. The highest BCUT2D eigenvalue weighted by Gasteiger charge is 2.17. The van der Waals surface area contributed by atoms with E-state index >= 15 is 0 Å². The summed E-state index contributed by atoms with van der Waals surface area (Å²) in [6.45, 7) is 2.56. The number of hydrogen-bond acceptors (Lipinski definition) is 4. The molecule has 2 amide bonds. The van der Waals surface area contributed by atoms with Gasteiger partial charge in [-0.3, -0.25) is 9.59 Å². The minimum atomic E-state index is -1.05. The standard InChI is InChI=1S/C9H18N2O4/c1-3-5-15-9(8(10)13)11-7(12)4-6-14-2/h9H,3-6H2,1-2H3,(H2,10,13)(H,11,12). The second-order valence-corrected chi connectivity index (χ2v) is 2.96. The summed E-state index contributed by atoms with van der Waals surface area (Å²) in [7, 11) is 1.49. The predicted molar refractivity (Wildman–Crippen MR) is 53.9 cm³/mol. The zero-order valence-electron chi connectivity index (χ0n) is 9.12. The molecule has 0 saturated carbocycles. The molecule has 88 valence electrons. The second-order valence-electron chi connectivity index (χ2n) is 2.96. The van der Waals surface area contributed by atoms with Gasteiger partial charge in [-0.2, -0.15) is 0 Å². The van der Waals surface area contributed by atoms with E-state index in [9.17, 15) is 9.59 Å². The van der Waals surface area contributed by atoms with Gasteiger partial charge < -0.3 is 20.5 Å². The third kappa shape index (κ3) is 6.87. The summed E-state index contributed by atoms with van der Waals surface area (Å²) in [5.41, 5.74) is 5.04. The van der Waals surface area contributed by atoms with Crippen LogP contribution in [-0.4, -0.2) is 38.4 Å². The lowest BCUT2D eigenvalue weighted by molar-refractivity contribution is -0.139. The zero-order chi connectivity index (χ0) is 11.7. The average molecular weight is 218 g/mol. The van der Waals surface area contributed by atoms with Crippen molar-refractivity contribution >= 4 is 11.8 Å². The van der Waals surface area contributed by atoms with Gasteiger partial charge in [0.05, 0.1) is 13.0 Å². The third-order valence-electron chi connectivity index (χ3n) is 1.57. The number of methoxy groups -OCH3 is 1. The first-order chi connectivity index (χ1) is 7.11. The van der Waals surface area contributed by atoms with Crippen LogP contribution in [0.25, 0.3) is 0 Å². The molecule has 1 unspecified atom stereocenters. The van der Waals surface area contributed by atoms with Crippen molar-refractivity contribution < 1.29 is 19.1 Å². The van der Waals surface area contributed by atoms with E-state index in [0.717, 1.165) is 6.42 Å². The van der Waals surface area contributed by atoms with E-state index in [1.54, 1.807) is 0 Å². The molecule has 0 aromatic carbocycles. The quantitative estimate of drug-likeness (QED) is 0.531. The fourth-order valence-electron chi connectivity index (χ4n) is 0.844. The number of nitrogens with two attached hydrogens (primary N) is 1. The number of nitrogens with one attached hydrogen (secondary N) is 1. The molecule has 0 aromatic heterocycles. The SMILES string of the molecule is CCCOC(NC(=O)CCOC)C(N)=O. The normalized spacial score (nSPS) is 12.1. The maximum absolute atomic E-state index is 11.2. The van der Waals surface area contributed by atoms with Gasteiger partial charge in [0.1, 0.15) is 0 Å². The number of primary amides is 1. The number of carbonyl (C=O) groups excluding carboxylic acids is 2. The molecule has 0 aromatic rings. The lowest BCUT2D eigenvalue weighted by Crippen LogP contribution is -2.46. The molecule has 0 spiro atoms. The van der Waals surface area contributed by atoms with Crippen LogP contribution in [0, 0.1) is 0 Å². The van der Waals surface area contributed by atoms with E-state index in [0.29, 0.717) is 13.2 Å². The van der Waals surface area contributed by atoms with Gasteiger partial charge in [-0.25, -0.2) is 0 Å². The highest BCUT2D eigenvalue weighted by atomic mass is 16.5. The van der Waals surface area contributed by atoms with Crippen molar-refractivity contribution in [2.75, 3.05) is 20.3 Å². The van der Waals surface area contributed by atoms with E-state index in [-0.39, 0.29) is 12.3 Å². The van der Waals surface area contributed by atoms with Crippen LogP contribution in [-0.2, 0) is 19.1 Å². The van der Waals surface area contributed by atoms with Crippen molar-refractivity contribution in [2.45, 2.75) is 26.0 Å². The van der Waals surface area contributed by atoms with E-state index in [1.807, 2.05) is 6.92 Å². The third-order valence-corrected chi connectivity index (χ3v) is 1.57. The highest BCUT2D eigenvalue weighted by Crippen LogP contribution is 1.91. The molecule has 0 saturated heterocycles. The molecule has 0 bridgehead atoms. The fraction of sp³-hybridized carbons (Fsp3) is 0.778. The highest BCUT2D eigenvalue weighted by molar-refractivity contribution is 5.85. The van der Waals surface area contributed by atoms with Crippen LogP contribution in [0.2, 0.25) is 0 Å². The molecule has 0 heterocycles. The summed E-state index contributed by atoms with van der Waals surface area (Å²) in [6.07, 6.45) is -0.123. The molecule has 0 radical (unpaired) electrons. The largest absolute Gasteiger partial charge is 0.384 e. The molecule has 6 nitrogen and oxygen atoms in total. The van der Waals surface area contributed by atoms with Crippen LogP contribution in [0.5, 0.6) is 0 Å². The Bertz CT molecular complexity index is 208. The van der Waals surface area contributed by atoms with Crippen molar-refractivity contribution in [3.05, 3.63) is 0 Å². The molecule has 0 aliphatic heterocycles. The maximum Gasteiger partial charge on any atom is 0.267 e. The molecule has 0 aliphatic carbocycles. The minimum Gasteiger partial charge on any atom is -0.384 e. The number of hydrogen-bond donors (Lipinski definition) is 2. The lowest BCUT2D eigenvalue weighted by Gasteiger charge is -2.15. The average Bonchev–Trinajstić information content (AvgIpc) is 2.20. The molecule has 6 heteroatoms. The Hall–Kier alpha value is -1.14. The Morgan fingerprint density at radius 2 is 2.07 bits per heavy atom. The Balaban J connectivity index is 3.93. The predicted octanol–water partition coefficient (Wildman–Crippen LogP) is -0.623. The number of ether oxygens (including phenoxy) is 2. The van der Waals surface area contributed by atoms with Crippen molar-refractivity contribution in [3.8, 4) is 0 Å². The van der Waals surface area contributed by atoms with Crippen molar-refractivity contribution in [1.82, 2.24) is 5.32 Å². The Morgan fingerprint density at radius 1 is 1.40 bits per heavy atom.